The van der Waals surface area contributed by atoms with E-state index in [1.807, 2.05) is 0 Å². The van der Waals surface area contributed by atoms with E-state index < -0.39 is 20.4 Å². The number of hydrogen-bond donors (Lipinski definition) is 0. The maximum Gasteiger partial charge on any atom is 0.287 e. The minimum atomic E-state index is -3.59. The molecule has 1 rings (SSSR count). The van der Waals surface area contributed by atoms with Crippen molar-refractivity contribution in [2.45, 2.75) is 4.90 Å². The third kappa shape index (κ3) is 2.93. The molecular formula is C9H7ClN2O4S. The number of alkyl halides is 1. The van der Waals surface area contributed by atoms with Crippen LogP contribution in [0.2, 0.25) is 0 Å². The zero-order chi connectivity index (χ0) is 13.1. The molecule has 0 aliphatic heterocycles. The summed E-state index contributed by atoms with van der Waals surface area (Å²) >= 11 is 5.34. The summed E-state index contributed by atoms with van der Waals surface area (Å²) in [5, 5.41) is 19.3. The number of rotatable bonds is 4. The molecule has 0 aromatic heterocycles. The second-order valence-electron chi connectivity index (χ2n) is 3.06. The molecule has 0 heterocycles. The quantitative estimate of drug-likeness (QED) is 0.470. The molecule has 0 aliphatic carbocycles. The van der Waals surface area contributed by atoms with Crippen molar-refractivity contribution in [2.24, 2.45) is 0 Å². The highest BCUT2D eigenvalue weighted by atomic mass is 35.5. The molecule has 1 aromatic carbocycles. The maximum atomic E-state index is 11.6. The molecule has 90 valence electrons. The smallest absolute Gasteiger partial charge is 0.258 e. The van der Waals surface area contributed by atoms with Crippen LogP contribution in [0, 0.1) is 21.4 Å². The second-order valence-corrected chi connectivity index (χ2v) is 5.54. The summed E-state index contributed by atoms with van der Waals surface area (Å²) in [4.78, 5) is 9.67. The number of halogens is 1. The van der Waals surface area contributed by atoms with Crippen LogP contribution in [0.5, 0.6) is 0 Å². The van der Waals surface area contributed by atoms with E-state index in [-0.39, 0.29) is 22.1 Å². The van der Waals surface area contributed by atoms with Gasteiger partial charge in [-0.3, -0.25) is 10.1 Å². The van der Waals surface area contributed by atoms with E-state index in [4.69, 9.17) is 16.9 Å². The fourth-order valence-electron chi connectivity index (χ4n) is 1.18. The van der Waals surface area contributed by atoms with Gasteiger partial charge in [0.05, 0.1) is 15.6 Å². The van der Waals surface area contributed by atoms with Crippen LogP contribution in [0.4, 0.5) is 5.69 Å². The Bertz CT molecular complexity index is 592. The van der Waals surface area contributed by atoms with Gasteiger partial charge in [-0.25, -0.2) is 8.42 Å². The van der Waals surface area contributed by atoms with Crippen LogP contribution in [0.15, 0.2) is 23.1 Å². The highest BCUT2D eigenvalue weighted by Crippen LogP contribution is 2.22. The molecule has 0 radical (unpaired) electrons. The van der Waals surface area contributed by atoms with Crippen molar-refractivity contribution in [2.75, 3.05) is 11.6 Å². The van der Waals surface area contributed by atoms with E-state index in [2.05, 4.69) is 0 Å². The number of nitro benzene ring substituents is 1. The van der Waals surface area contributed by atoms with Crippen molar-refractivity contribution in [3.63, 3.8) is 0 Å². The molecule has 0 atom stereocenters. The Morgan fingerprint density at radius 3 is 2.59 bits per heavy atom. The van der Waals surface area contributed by atoms with Crippen LogP contribution in [-0.4, -0.2) is 25.0 Å². The van der Waals surface area contributed by atoms with Crippen molar-refractivity contribution in [3.8, 4) is 6.07 Å². The number of nitro groups is 1. The predicted octanol–water partition coefficient (Wildman–Crippen LogP) is 1.48. The minimum Gasteiger partial charge on any atom is -0.258 e. The summed E-state index contributed by atoms with van der Waals surface area (Å²) in [5.41, 5.74) is -0.706. The number of sulfone groups is 1. The molecule has 0 saturated heterocycles. The maximum absolute atomic E-state index is 11.6. The fraction of sp³-hybridized carbons (Fsp3) is 0.222. The first-order valence-electron chi connectivity index (χ1n) is 4.39. The first kappa shape index (κ1) is 13.4. The molecule has 0 spiro atoms. The van der Waals surface area contributed by atoms with E-state index in [0.29, 0.717) is 0 Å². The number of benzene rings is 1. The van der Waals surface area contributed by atoms with Gasteiger partial charge in [0.25, 0.3) is 5.69 Å². The largest absolute Gasteiger partial charge is 0.287 e. The summed E-state index contributed by atoms with van der Waals surface area (Å²) in [7, 11) is -3.59. The number of nitriles is 1. The molecule has 1 aromatic rings. The van der Waals surface area contributed by atoms with Gasteiger partial charge in [-0.1, -0.05) is 0 Å². The average Bonchev–Trinajstić information content (AvgIpc) is 2.27. The van der Waals surface area contributed by atoms with Crippen molar-refractivity contribution < 1.29 is 13.3 Å². The highest BCUT2D eigenvalue weighted by molar-refractivity contribution is 7.91. The van der Waals surface area contributed by atoms with E-state index in [1.165, 1.54) is 0 Å². The first-order valence-corrected chi connectivity index (χ1v) is 6.58. The lowest BCUT2D eigenvalue weighted by Gasteiger charge is -2.02. The van der Waals surface area contributed by atoms with Crippen LogP contribution in [0.25, 0.3) is 0 Å². The Labute approximate surface area is 103 Å². The first-order chi connectivity index (χ1) is 7.92. The summed E-state index contributed by atoms with van der Waals surface area (Å²) in [6.45, 7) is 0. The van der Waals surface area contributed by atoms with Crippen molar-refractivity contribution in [1.82, 2.24) is 0 Å². The van der Waals surface area contributed by atoms with Gasteiger partial charge >= 0.3 is 0 Å². The van der Waals surface area contributed by atoms with Crippen molar-refractivity contribution in [3.05, 3.63) is 33.9 Å². The van der Waals surface area contributed by atoms with Crippen LogP contribution < -0.4 is 0 Å². The average molecular weight is 275 g/mol. The standard InChI is InChI=1S/C9H7ClN2O4S/c10-3-4-17(15,16)8-1-2-9(12(13)14)7(5-8)6-11/h1-2,5H,3-4H2. The molecule has 6 nitrogen and oxygen atoms in total. The summed E-state index contributed by atoms with van der Waals surface area (Å²) in [5.74, 6) is -0.363. The Morgan fingerprint density at radius 1 is 1.47 bits per heavy atom. The zero-order valence-electron chi connectivity index (χ0n) is 8.46. The van der Waals surface area contributed by atoms with Gasteiger partial charge in [-0.15, -0.1) is 11.6 Å². The number of nitrogens with zero attached hydrogens (tertiary/aromatic N) is 2. The normalized spacial score (nSPS) is 10.8. The van der Waals surface area contributed by atoms with E-state index >= 15 is 0 Å². The van der Waals surface area contributed by atoms with Gasteiger partial charge in [-0.2, -0.15) is 5.26 Å². The van der Waals surface area contributed by atoms with Gasteiger partial charge in [0, 0.05) is 11.9 Å². The van der Waals surface area contributed by atoms with Crippen LogP contribution in [0.1, 0.15) is 5.56 Å². The summed E-state index contributed by atoms with van der Waals surface area (Å²) in [6.07, 6.45) is 0. The lowest BCUT2D eigenvalue weighted by Crippen LogP contribution is -2.08. The molecule has 0 bridgehead atoms. The highest BCUT2D eigenvalue weighted by Gasteiger charge is 2.19. The van der Waals surface area contributed by atoms with Gasteiger partial charge in [0.2, 0.25) is 0 Å². The van der Waals surface area contributed by atoms with Crippen molar-refractivity contribution >= 4 is 27.1 Å². The van der Waals surface area contributed by atoms with E-state index in [1.54, 1.807) is 6.07 Å². The third-order valence-corrected chi connectivity index (χ3v) is 4.12. The molecule has 0 amide bonds. The summed E-state index contributed by atoms with van der Waals surface area (Å²) < 4.78 is 23.2. The van der Waals surface area contributed by atoms with E-state index in [0.717, 1.165) is 18.2 Å². The lowest BCUT2D eigenvalue weighted by atomic mass is 10.2. The predicted molar refractivity (Wildman–Crippen MR) is 60.6 cm³/mol. The van der Waals surface area contributed by atoms with Gasteiger partial charge in [-0.05, 0) is 12.1 Å². The summed E-state index contributed by atoms with van der Waals surface area (Å²) in [6, 6.07) is 4.68. The molecule has 17 heavy (non-hydrogen) atoms. The monoisotopic (exact) mass is 274 g/mol. The molecule has 0 aliphatic rings. The van der Waals surface area contributed by atoms with E-state index in [9.17, 15) is 18.5 Å². The molecule has 8 heteroatoms. The number of hydrogen-bond acceptors (Lipinski definition) is 5. The SMILES string of the molecule is N#Cc1cc(S(=O)(=O)CCCl)ccc1[N+](=O)[O-]. The Morgan fingerprint density at radius 2 is 2.12 bits per heavy atom. The molecule has 0 N–H and O–H groups in total. The molecular weight excluding hydrogens is 268 g/mol. The molecule has 0 unspecified atom stereocenters. The zero-order valence-corrected chi connectivity index (χ0v) is 10.0. The second kappa shape index (κ2) is 5.12. The van der Waals surface area contributed by atoms with Gasteiger partial charge < -0.3 is 0 Å². The fourth-order valence-corrected chi connectivity index (χ4v) is 2.80. The van der Waals surface area contributed by atoms with Crippen LogP contribution >= 0.6 is 11.6 Å². The molecule has 0 fully saturated rings. The Hall–Kier alpha value is -1.65. The topological polar surface area (TPSA) is 101 Å². The Kier molecular flexibility index (Phi) is 4.04. The lowest BCUT2D eigenvalue weighted by molar-refractivity contribution is -0.385. The van der Waals surface area contributed by atoms with Crippen LogP contribution in [-0.2, 0) is 9.84 Å². The van der Waals surface area contributed by atoms with Gasteiger partial charge in [0.15, 0.2) is 9.84 Å². The Balaban J connectivity index is 3.34. The van der Waals surface area contributed by atoms with Gasteiger partial charge in [0.1, 0.15) is 11.6 Å². The minimum absolute atomic E-state index is 0.0821. The van der Waals surface area contributed by atoms with Crippen LogP contribution in [0.3, 0.4) is 0 Å². The van der Waals surface area contributed by atoms with Crippen molar-refractivity contribution in [1.29, 1.82) is 5.26 Å². The molecule has 0 saturated carbocycles. The third-order valence-electron chi connectivity index (χ3n) is 1.99.